The molecule has 4 atom stereocenters. The summed E-state index contributed by atoms with van der Waals surface area (Å²) in [6.45, 7) is 7.57. The second kappa shape index (κ2) is 11.5. The molecule has 1 saturated carbocycles. The number of nitrogens with two attached hydrogens (primary N) is 1. The van der Waals surface area contributed by atoms with Gasteiger partial charge in [0, 0.05) is 0 Å². The fourth-order valence-corrected chi connectivity index (χ4v) is 3.10. The van der Waals surface area contributed by atoms with E-state index in [1.165, 1.54) is 25.7 Å². The van der Waals surface area contributed by atoms with Crippen LogP contribution in [0, 0.1) is 11.8 Å². The lowest BCUT2D eigenvalue weighted by molar-refractivity contribution is -0.162. The Kier molecular flexibility index (Phi) is 10.1. The van der Waals surface area contributed by atoms with E-state index in [9.17, 15) is 9.59 Å². The van der Waals surface area contributed by atoms with Crippen LogP contribution in [-0.4, -0.2) is 30.2 Å². The van der Waals surface area contributed by atoms with Gasteiger partial charge in [-0.3, -0.25) is 9.59 Å². The minimum Gasteiger partial charge on any atom is -0.461 e. The quantitative estimate of drug-likeness (QED) is 0.699. The van der Waals surface area contributed by atoms with Crippen molar-refractivity contribution in [1.29, 1.82) is 0 Å². The monoisotopic (exact) mass is 355 g/mol. The summed E-state index contributed by atoms with van der Waals surface area (Å²) < 4.78 is 11.0. The highest BCUT2D eigenvalue weighted by molar-refractivity contribution is 5.78. The molecular formula is C20H37NO4. The van der Waals surface area contributed by atoms with E-state index in [4.69, 9.17) is 15.2 Å². The summed E-state index contributed by atoms with van der Waals surface area (Å²) in [6, 6.07) is -0.930. The first-order chi connectivity index (χ1) is 11.9. The Morgan fingerprint density at radius 1 is 0.960 bits per heavy atom. The Morgan fingerprint density at radius 2 is 1.48 bits per heavy atom. The van der Waals surface area contributed by atoms with E-state index in [-0.39, 0.29) is 23.9 Å². The zero-order chi connectivity index (χ0) is 18.8. The Labute approximate surface area is 153 Å². The highest BCUT2D eigenvalue weighted by Crippen LogP contribution is 2.20. The number of carbonyl (C=O) groups is 2. The average molecular weight is 356 g/mol. The van der Waals surface area contributed by atoms with Crippen LogP contribution < -0.4 is 5.73 Å². The number of rotatable bonds is 7. The van der Waals surface area contributed by atoms with E-state index in [0.29, 0.717) is 0 Å². The van der Waals surface area contributed by atoms with Gasteiger partial charge in [0.05, 0.1) is 5.92 Å². The molecule has 5 heteroatoms. The van der Waals surface area contributed by atoms with Crippen LogP contribution in [0.3, 0.4) is 0 Å². The van der Waals surface area contributed by atoms with Crippen LogP contribution >= 0.6 is 0 Å². The van der Waals surface area contributed by atoms with Crippen LogP contribution in [0.2, 0.25) is 0 Å². The predicted octanol–water partition coefficient (Wildman–Crippen LogP) is 3.97. The fraction of sp³-hybridized carbons (Fsp3) is 0.900. The van der Waals surface area contributed by atoms with Gasteiger partial charge in [-0.25, -0.2) is 0 Å². The van der Waals surface area contributed by atoms with Crippen LogP contribution in [0.4, 0.5) is 0 Å². The van der Waals surface area contributed by atoms with E-state index >= 15 is 0 Å². The smallest absolute Gasteiger partial charge is 0.327 e. The predicted molar refractivity (Wildman–Crippen MR) is 99.0 cm³/mol. The highest BCUT2D eigenvalue weighted by Gasteiger charge is 2.30. The number of hydrogen-bond acceptors (Lipinski definition) is 5. The maximum Gasteiger partial charge on any atom is 0.327 e. The third-order valence-corrected chi connectivity index (χ3v) is 5.53. The average Bonchev–Trinajstić information content (AvgIpc) is 2.73. The molecule has 0 amide bonds. The van der Waals surface area contributed by atoms with Crippen molar-refractivity contribution in [1.82, 2.24) is 0 Å². The summed E-state index contributed by atoms with van der Waals surface area (Å²) in [4.78, 5) is 24.5. The topological polar surface area (TPSA) is 78.6 Å². The van der Waals surface area contributed by atoms with Crippen LogP contribution in [0.5, 0.6) is 0 Å². The molecule has 1 fully saturated rings. The van der Waals surface area contributed by atoms with Crippen LogP contribution in [0.25, 0.3) is 0 Å². The Bertz CT molecular complexity index is 403. The summed E-state index contributed by atoms with van der Waals surface area (Å²) >= 11 is 0. The van der Waals surface area contributed by atoms with Crippen molar-refractivity contribution < 1.29 is 19.1 Å². The molecule has 5 nitrogen and oxygen atoms in total. The molecule has 2 N–H and O–H groups in total. The first-order valence-electron chi connectivity index (χ1n) is 10.0. The molecule has 1 rings (SSSR count). The minimum absolute atomic E-state index is 0.0569. The molecule has 0 radical (unpaired) electrons. The molecule has 0 saturated heterocycles. The summed E-state index contributed by atoms with van der Waals surface area (Å²) in [7, 11) is 0. The Hall–Kier alpha value is -1.10. The minimum atomic E-state index is -0.930. The van der Waals surface area contributed by atoms with Crippen molar-refractivity contribution in [2.45, 2.75) is 104 Å². The number of hydrogen-bond donors (Lipinski definition) is 1. The largest absolute Gasteiger partial charge is 0.461 e. The third-order valence-electron chi connectivity index (χ3n) is 5.53. The van der Waals surface area contributed by atoms with Gasteiger partial charge in [0.2, 0.25) is 0 Å². The van der Waals surface area contributed by atoms with Crippen molar-refractivity contribution in [3.05, 3.63) is 0 Å². The first kappa shape index (κ1) is 21.9. The van der Waals surface area contributed by atoms with Gasteiger partial charge in [-0.1, -0.05) is 52.9 Å². The lowest BCUT2D eigenvalue weighted by Gasteiger charge is -2.25. The van der Waals surface area contributed by atoms with Gasteiger partial charge in [-0.05, 0) is 38.5 Å². The molecular weight excluding hydrogens is 318 g/mol. The van der Waals surface area contributed by atoms with Gasteiger partial charge in [0.15, 0.2) is 0 Å². The molecule has 0 aromatic rings. The second-order valence-corrected chi connectivity index (χ2v) is 7.60. The van der Waals surface area contributed by atoms with Gasteiger partial charge in [-0.2, -0.15) is 0 Å². The van der Waals surface area contributed by atoms with E-state index in [0.717, 1.165) is 32.1 Å². The van der Waals surface area contributed by atoms with E-state index < -0.39 is 18.1 Å². The van der Waals surface area contributed by atoms with Crippen molar-refractivity contribution in [2.24, 2.45) is 17.6 Å². The van der Waals surface area contributed by atoms with Gasteiger partial charge in [0.1, 0.15) is 18.2 Å². The molecule has 0 aromatic carbocycles. The zero-order valence-corrected chi connectivity index (χ0v) is 16.5. The van der Waals surface area contributed by atoms with Gasteiger partial charge >= 0.3 is 11.9 Å². The Balaban J connectivity index is 2.48. The molecule has 0 aliphatic heterocycles. The molecule has 146 valence electrons. The third kappa shape index (κ3) is 7.76. The van der Waals surface area contributed by atoms with Crippen LogP contribution in [0.15, 0.2) is 0 Å². The van der Waals surface area contributed by atoms with Gasteiger partial charge in [0.25, 0.3) is 0 Å². The molecule has 1 aliphatic rings. The highest BCUT2D eigenvalue weighted by atomic mass is 16.6. The zero-order valence-electron chi connectivity index (χ0n) is 16.5. The Morgan fingerprint density at radius 3 is 2.00 bits per heavy atom. The van der Waals surface area contributed by atoms with E-state index in [1.54, 1.807) is 6.92 Å². The summed E-state index contributed by atoms with van der Waals surface area (Å²) in [5.41, 5.74) is 5.98. The second-order valence-electron chi connectivity index (χ2n) is 7.60. The standard InChI is InChI=1S/C20H37NO4/c1-5-14(2)15(3)19(22)24-16(4)18(21)20(23)25-17-12-10-8-6-7-9-11-13-17/h14-18H,5-13,21H2,1-4H3/t14-,15-,16-,18+/m0/s1. The summed E-state index contributed by atoms with van der Waals surface area (Å²) in [5, 5.41) is 0. The van der Waals surface area contributed by atoms with Crippen LogP contribution in [-0.2, 0) is 19.1 Å². The van der Waals surface area contributed by atoms with Gasteiger partial charge in [-0.15, -0.1) is 0 Å². The number of esters is 2. The van der Waals surface area contributed by atoms with Crippen LogP contribution in [0.1, 0.15) is 85.5 Å². The normalized spacial score (nSPS) is 21.8. The molecule has 25 heavy (non-hydrogen) atoms. The van der Waals surface area contributed by atoms with Gasteiger partial charge < -0.3 is 15.2 Å². The number of ether oxygens (including phenoxy) is 2. The molecule has 0 heterocycles. The fourth-order valence-electron chi connectivity index (χ4n) is 3.10. The van der Waals surface area contributed by atoms with E-state index in [1.807, 2.05) is 20.8 Å². The van der Waals surface area contributed by atoms with Crippen molar-refractivity contribution in [2.75, 3.05) is 0 Å². The van der Waals surface area contributed by atoms with Crippen molar-refractivity contribution in [3.8, 4) is 0 Å². The van der Waals surface area contributed by atoms with E-state index in [2.05, 4.69) is 0 Å². The van der Waals surface area contributed by atoms with Crippen molar-refractivity contribution >= 4 is 11.9 Å². The first-order valence-corrected chi connectivity index (χ1v) is 10.0. The summed E-state index contributed by atoms with van der Waals surface area (Å²) in [5.74, 6) is -0.722. The molecule has 0 unspecified atom stereocenters. The summed E-state index contributed by atoms with van der Waals surface area (Å²) in [6.07, 6.45) is 9.07. The molecule has 0 aromatic heterocycles. The molecule has 0 spiro atoms. The number of carbonyl (C=O) groups excluding carboxylic acids is 2. The lowest BCUT2D eigenvalue weighted by Crippen LogP contribution is -2.45. The van der Waals surface area contributed by atoms with Crippen molar-refractivity contribution in [3.63, 3.8) is 0 Å². The SMILES string of the molecule is CC[C@H](C)[C@H](C)C(=O)O[C@@H](C)[C@@H](N)C(=O)OC1CCCCCCCC1. The molecule has 1 aliphatic carbocycles. The lowest BCUT2D eigenvalue weighted by atomic mass is 9.94. The maximum absolute atomic E-state index is 12.3. The molecule has 0 bridgehead atoms. The maximum atomic E-state index is 12.3.